The number of hydrogen-bond donors (Lipinski definition) is 0. The van der Waals surface area contributed by atoms with Crippen LogP contribution in [-0.4, -0.2) is 36.6 Å². The van der Waals surface area contributed by atoms with Crippen molar-refractivity contribution in [1.29, 1.82) is 0 Å². The van der Waals surface area contributed by atoms with Gasteiger partial charge < -0.3 is 0 Å². The molecule has 2 aliphatic rings. The number of hydrogen-bond acceptors (Lipinski definition) is 5. The SMILES string of the molecule is O=C1CC(N(C2CCCCC2)S(=O)(=O)c2cccs2)C(=O)N1c1ccc(Br)cc1. The van der Waals surface area contributed by atoms with E-state index in [-0.39, 0.29) is 22.6 Å². The minimum Gasteiger partial charge on any atom is -0.274 e. The summed E-state index contributed by atoms with van der Waals surface area (Å²) >= 11 is 4.48. The summed E-state index contributed by atoms with van der Waals surface area (Å²) in [5.74, 6) is -0.840. The fourth-order valence-corrected chi connectivity index (χ4v) is 7.33. The van der Waals surface area contributed by atoms with E-state index < -0.39 is 22.0 Å². The predicted molar refractivity (Wildman–Crippen MR) is 115 cm³/mol. The monoisotopic (exact) mass is 496 g/mol. The van der Waals surface area contributed by atoms with Gasteiger partial charge in [0.05, 0.1) is 12.1 Å². The number of amides is 2. The minimum atomic E-state index is -3.86. The number of benzene rings is 1. The van der Waals surface area contributed by atoms with E-state index in [0.29, 0.717) is 18.5 Å². The Kier molecular flexibility index (Phi) is 5.92. The normalized spacial score (nSPS) is 21.3. The molecule has 9 heteroatoms. The van der Waals surface area contributed by atoms with Gasteiger partial charge in [-0.1, -0.05) is 41.3 Å². The van der Waals surface area contributed by atoms with Crippen molar-refractivity contribution >= 4 is 54.8 Å². The van der Waals surface area contributed by atoms with Crippen molar-refractivity contribution in [1.82, 2.24) is 4.31 Å². The van der Waals surface area contributed by atoms with Gasteiger partial charge in [0.2, 0.25) is 5.91 Å². The van der Waals surface area contributed by atoms with Gasteiger partial charge in [0.25, 0.3) is 15.9 Å². The van der Waals surface area contributed by atoms with Crippen LogP contribution in [0.3, 0.4) is 0 Å². The minimum absolute atomic E-state index is 0.129. The lowest BCUT2D eigenvalue weighted by molar-refractivity contribution is -0.122. The lowest BCUT2D eigenvalue weighted by Gasteiger charge is -2.35. The van der Waals surface area contributed by atoms with Crippen molar-refractivity contribution in [2.45, 2.75) is 54.8 Å². The fraction of sp³-hybridized carbons (Fsp3) is 0.400. The number of imide groups is 1. The topological polar surface area (TPSA) is 74.8 Å². The Morgan fingerprint density at radius 2 is 1.72 bits per heavy atom. The Hall–Kier alpha value is -1.55. The van der Waals surface area contributed by atoms with E-state index in [9.17, 15) is 18.0 Å². The third-order valence-corrected chi connectivity index (χ3v) is 9.34. The number of rotatable bonds is 5. The van der Waals surface area contributed by atoms with Crippen molar-refractivity contribution in [2.75, 3.05) is 4.90 Å². The van der Waals surface area contributed by atoms with E-state index in [2.05, 4.69) is 15.9 Å². The van der Waals surface area contributed by atoms with E-state index in [4.69, 9.17) is 0 Å². The first-order valence-electron chi connectivity index (χ1n) is 9.59. The Bertz CT molecular complexity index is 1000. The highest BCUT2D eigenvalue weighted by Gasteiger charge is 2.49. The summed E-state index contributed by atoms with van der Waals surface area (Å²) in [5, 5.41) is 1.71. The average Bonchev–Trinajstić information content (AvgIpc) is 3.34. The number of sulfonamides is 1. The molecule has 2 heterocycles. The molecule has 1 aliphatic heterocycles. The zero-order valence-corrected chi connectivity index (χ0v) is 18.9. The molecule has 1 unspecified atom stereocenters. The predicted octanol–water partition coefficient (Wildman–Crippen LogP) is 4.17. The summed E-state index contributed by atoms with van der Waals surface area (Å²) < 4.78 is 29.3. The zero-order chi connectivity index (χ0) is 20.6. The molecule has 1 saturated heterocycles. The lowest BCUT2D eigenvalue weighted by atomic mass is 9.94. The summed E-state index contributed by atoms with van der Waals surface area (Å²) in [6.45, 7) is 0. The Labute approximate surface area is 182 Å². The van der Waals surface area contributed by atoms with Crippen LogP contribution in [0.15, 0.2) is 50.5 Å². The number of carbonyl (C=O) groups is 2. The lowest BCUT2D eigenvalue weighted by Crippen LogP contribution is -2.51. The van der Waals surface area contributed by atoms with Gasteiger partial charge in [-0.3, -0.25) is 9.59 Å². The summed E-state index contributed by atoms with van der Waals surface area (Å²) in [7, 11) is -3.86. The first-order chi connectivity index (χ1) is 13.9. The summed E-state index contributed by atoms with van der Waals surface area (Å²) in [5.41, 5.74) is 0.461. The smallest absolute Gasteiger partial charge is 0.253 e. The number of halogens is 1. The molecule has 0 spiro atoms. The van der Waals surface area contributed by atoms with Crippen molar-refractivity contribution in [3.05, 3.63) is 46.3 Å². The van der Waals surface area contributed by atoms with Gasteiger partial charge in [0, 0.05) is 10.5 Å². The molecule has 2 amide bonds. The van der Waals surface area contributed by atoms with Crippen LogP contribution in [0.25, 0.3) is 0 Å². The quantitative estimate of drug-likeness (QED) is 0.582. The fourth-order valence-electron chi connectivity index (χ4n) is 4.14. The highest BCUT2D eigenvalue weighted by atomic mass is 79.9. The van der Waals surface area contributed by atoms with Crippen LogP contribution in [0, 0.1) is 0 Å². The molecule has 0 radical (unpaired) electrons. The number of anilines is 1. The standard InChI is InChI=1S/C20H21BrN2O4S2/c21-14-8-10-15(11-9-14)22-18(24)13-17(20(22)25)23(16-5-2-1-3-6-16)29(26,27)19-7-4-12-28-19/h4,7-12,16-17H,1-3,5-6,13H2. The maximum absolute atomic E-state index is 13.5. The summed E-state index contributed by atoms with van der Waals surface area (Å²) in [4.78, 5) is 27.2. The molecule has 6 nitrogen and oxygen atoms in total. The van der Waals surface area contributed by atoms with Crippen LogP contribution in [0.5, 0.6) is 0 Å². The summed E-state index contributed by atoms with van der Waals surface area (Å²) in [6.07, 6.45) is 4.20. The molecule has 154 valence electrons. The van der Waals surface area contributed by atoms with Crippen molar-refractivity contribution in [3.8, 4) is 0 Å². The molecule has 29 heavy (non-hydrogen) atoms. The van der Waals surface area contributed by atoms with Crippen LogP contribution in [-0.2, 0) is 19.6 Å². The molecule has 1 aromatic heterocycles. The van der Waals surface area contributed by atoms with E-state index in [1.54, 1.807) is 41.8 Å². The van der Waals surface area contributed by atoms with Crippen LogP contribution >= 0.6 is 27.3 Å². The second kappa shape index (κ2) is 8.29. The molecule has 0 bridgehead atoms. The maximum atomic E-state index is 13.5. The van der Waals surface area contributed by atoms with Gasteiger partial charge in [0.1, 0.15) is 10.3 Å². The van der Waals surface area contributed by atoms with E-state index in [0.717, 1.165) is 40.0 Å². The molecule has 1 saturated carbocycles. The van der Waals surface area contributed by atoms with E-state index in [1.165, 1.54) is 4.31 Å². The molecule has 4 rings (SSSR count). The van der Waals surface area contributed by atoms with Crippen molar-refractivity contribution in [2.24, 2.45) is 0 Å². The Morgan fingerprint density at radius 1 is 1.03 bits per heavy atom. The number of carbonyl (C=O) groups excluding carboxylic acids is 2. The van der Waals surface area contributed by atoms with Crippen LogP contribution < -0.4 is 4.90 Å². The highest BCUT2D eigenvalue weighted by molar-refractivity contribution is 9.10. The maximum Gasteiger partial charge on any atom is 0.253 e. The number of nitrogens with zero attached hydrogens (tertiary/aromatic N) is 2. The third kappa shape index (κ3) is 3.93. The van der Waals surface area contributed by atoms with Gasteiger partial charge in [-0.2, -0.15) is 4.31 Å². The first kappa shape index (κ1) is 20.7. The largest absolute Gasteiger partial charge is 0.274 e. The van der Waals surface area contributed by atoms with Crippen LogP contribution in [0.4, 0.5) is 5.69 Å². The number of thiophene rings is 1. The molecule has 1 aliphatic carbocycles. The van der Waals surface area contributed by atoms with Gasteiger partial charge in [-0.15, -0.1) is 11.3 Å². The second-order valence-corrected chi connectivity index (χ2v) is 11.3. The van der Waals surface area contributed by atoms with Gasteiger partial charge in [-0.25, -0.2) is 13.3 Å². The van der Waals surface area contributed by atoms with Crippen molar-refractivity contribution in [3.63, 3.8) is 0 Å². The van der Waals surface area contributed by atoms with Crippen LogP contribution in [0.1, 0.15) is 38.5 Å². The van der Waals surface area contributed by atoms with Gasteiger partial charge >= 0.3 is 0 Å². The molecular formula is C20H21BrN2O4S2. The molecule has 0 N–H and O–H groups in total. The molecule has 1 aromatic carbocycles. The van der Waals surface area contributed by atoms with Crippen molar-refractivity contribution < 1.29 is 18.0 Å². The van der Waals surface area contributed by atoms with E-state index >= 15 is 0 Å². The average molecular weight is 497 g/mol. The molecule has 2 aromatic rings. The Balaban J connectivity index is 1.72. The highest BCUT2D eigenvalue weighted by Crippen LogP contribution is 2.36. The second-order valence-electron chi connectivity index (χ2n) is 7.32. The third-order valence-electron chi connectivity index (χ3n) is 5.48. The first-order valence-corrected chi connectivity index (χ1v) is 12.7. The summed E-state index contributed by atoms with van der Waals surface area (Å²) in [6, 6.07) is 8.86. The van der Waals surface area contributed by atoms with Crippen LogP contribution in [0.2, 0.25) is 0 Å². The zero-order valence-electron chi connectivity index (χ0n) is 15.7. The van der Waals surface area contributed by atoms with E-state index in [1.807, 2.05) is 0 Å². The Morgan fingerprint density at radius 3 is 2.34 bits per heavy atom. The molecule has 1 atom stereocenters. The molecular weight excluding hydrogens is 476 g/mol. The van der Waals surface area contributed by atoms with Gasteiger partial charge in [0.15, 0.2) is 0 Å². The van der Waals surface area contributed by atoms with Gasteiger partial charge in [-0.05, 0) is 48.6 Å². The molecule has 2 fully saturated rings.